The number of carbonyl (C=O) groups is 1. The molecule has 1 aliphatic heterocycles. The third-order valence-electron chi connectivity index (χ3n) is 3.30. The third-order valence-corrected chi connectivity index (χ3v) is 3.30. The maximum absolute atomic E-state index is 12.5. The second kappa shape index (κ2) is 5.63. The van der Waals surface area contributed by atoms with Crippen molar-refractivity contribution >= 4 is 17.6 Å². The van der Waals surface area contributed by atoms with Gasteiger partial charge in [0.25, 0.3) is 5.91 Å². The monoisotopic (exact) mass is 300 g/mol. The number of halogens is 3. The molecule has 114 valence electrons. The summed E-state index contributed by atoms with van der Waals surface area (Å²) in [6.07, 6.45) is -3.06. The predicted octanol–water partition coefficient (Wildman–Crippen LogP) is 1.47. The van der Waals surface area contributed by atoms with E-state index in [1.54, 1.807) is 4.90 Å². The highest BCUT2D eigenvalue weighted by molar-refractivity contribution is 5.96. The van der Waals surface area contributed by atoms with Crippen LogP contribution in [0.1, 0.15) is 18.4 Å². The van der Waals surface area contributed by atoms with E-state index in [9.17, 15) is 18.0 Å². The number of guanidine groups is 1. The number of anilines is 1. The predicted molar refractivity (Wildman–Crippen MR) is 72.6 cm³/mol. The van der Waals surface area contributed by atoms with Crippen LogP contribution in [0.5, 0.6) is 0 Å². The molecule has 0 bridgehead atoms. The van der Waals surface area contributed by atoms with E-state index < -0.39 is 23.7 Å². The Kier molecular flexibility index (Phi) is 4.06. The number of carbonyl (C=O) groups excluding carboxylic acids is 1. The number of aliphatic imine (C=N–C) groups is 1. The van der Waals surface area contributed by atoms with Crippen molar-refractivity contribution < 1.29 is 18.0 Å². The van der Waals surface area contributed by atoms with Crippen molar-refractivity contribution in [2.24, 2.45) is 16.5 Å². The molecular weight excluding hydrogens is 285 g/mol. The molecule has 1 unspecified atom stereocenters. The maximum atomic E-state index is 12.5. The molecule has 1 aromatic carbocycles. The lowest BCUT2D eigenvalue weighted by atomic mass is 10.1. The molecule has 0 spiro atoms. The van der Waals surface area contributed by atoms with Crippen molar-refractivity contribution in [3.8, 4) is 0 Å². The SMILES string of the molecule is NC(N)=NC(=O)C1CCCN1c1ccc(C(F)(F)F)cc1. The molecule has 1 atom stereocenters. The van der Waals surface area contributed by atoms with Crippen LogP contribution in [-0.4, -0.2) is 24.5 Å². The quantitative estimate of drug-likeness (QED) is 0.640. The summed E-state index contributed by atoms with van der Waals surface area (Å²) in [5, 5.41) is 0. The number of alkyl halides is 3. The van der Waals surface area contributed by atoms with E-state index in [0.717, 1.165) is 18.6 Å². The Morgan fingerprint density at radius 2 is 1.86 bits per heavy atom. The highest BCUT2D eigenvalue weighted by Gasteiger charge is 2.33. The molecule has 1 aliphatic rings. The number of hydrogen-bond donors (Lipinski definition) is 2. The summed E-state index contributed by atoms with van der Waals surface area (Å²) < 4.78 is 37.6. The normalized spacial score (nSPS) is 18.6. The van der Waals surface area contributed by atoms with E-state index in [-0.39, 0.29) is 5.96 Å². The van der Waals surface area contributed by atoms with Gasteiger partial charge in [0.15, 0.2) is 5.96 Å². The average molecular weight is 300 g/mol. The van der Waals surface area contributed by atoms with E-state index in [4.69, 9.17) is 11.5 Å². The average Bonchev–Trinajstić information content (AvgIpc) is 2.86. The molecule has 8 heteroatoms. The second-order valence-corrected chi connectivity index (χ2v) is 4.77. The molecule has 1 amide bonds. The van der Waals surface area contributed by atoms with Gasteiger partial charge in [-0.25, -0.2) is 0 Å². The Balaban J connectivity index is 2.20. The number of nitrogens with zero attached hydrogens (tertiary/aromatic N) is 2. The first-order valence-corrected chi connectivity index (χ1v) is 6.36. The Morgan fingerprint density at radius 1 is 1.24 bits per heavy atom. The van der Waals surface area contributed by atoms with Crippen molar-refractivity contribution in [2.75, 3.05) is 11.4 Å². The van der Waals surface area contributed by atoms with E-state index >= 15 is 0 Å². The summed E-state index contributed by atoms with van der Waals surface area (Å²) in [5.41, 5.74) is 10.2. The number of benzene rings is 1. The lowest BCUT2D eigenvalue weighted by molar-refractivity contribution is -0.137. The van der Waals surface area contributed by atoms with Crippen molar-refractivity contribution in [2.45, 2.75) is 25.1 Å². The molecule has 2 rings (SSSR count). The molecule has 0 aromatic heterocycles. The van der Waals surface area contributed by atoms with Gasteiger partial charge in [-0.2, -0.15) is 18.2 Å². The molecule has 1 heterocycles. The molecule has 4 N–H and O–H groups in total. The van der Waals surface area contributed by atoms with Crippen LogP contribution >= 0.6 is 0 Å². The minimum atomic E-state index is -4.38. The van der Waals surface area contributed by atoms with Crippen molar-refractivity contribution in [1.82, 2.24) is 0 Å². The topological polar surface area (TPSA) is 84.7 Å². The van der Waals surface area contributed by atoms with Gasteiger partial charge in [-0.15, -0.1) is 0 Å². The smallest absolute Gasteiger partial charge is 0.370 e. The zero-order valence-electron chi connectivity index (χ0n) is 11.1. The standard InChI is InChI=1S/C13H15F3N4O/c14-13(15,16)8-3-5-9(6-4-8)20-7-1-2-10(20)11(21)19-12(17)18/h3-6,10H,1-2,7H2,(H4,17,18,19,21). The fourth-order valence-electron chi connectivity index (χ4n) is 2.38. The summed E-state index contributed by atoms with van der Waals surface area (Å²) >= 11 is 0. The molecule has 1 fully saturated rings. The first-order valence-electron chi connectivity index (χ1n) is 6.36. The molecule has 5 nitrogen and oxygen atoms in total. The molecular formula is C13H15F3N4O. The maximum Gasteiger partial charge on any atom is 0.416 e. The lowest BCUT2D eigenvalue weighted by Gasteiger charge is -2.24. The summed E-state index contributed by atoms with van der Waals surface area (Å²) in [5.74, 6) is -0.799. The Hall–Kier alpha value is -2.25. The number of nitrogens with two attached hydrogens (primary N) is 2. The van der Waals surface area contributed by atoms with Crippen LogP contribution in [-0.2, 0) is 11.0 Å². The van der Waals surface area contributed by atoms with E-state index in [2.05, 4.69) is 4.99 Å². The molecule has 0 aliphatic carbocycles. The zero-order valence-corrected chi connectivity index (χ0v) is 11.1. The highest BCUT2D eigenvalue weighted by atomic mass is 19.4. The van der Waals surface area contributed by atoms with Gasteiger partial charge in [0, 0.05) is 12.2 Å². The third kappa shape index (κ3) is 3.45. The van der Waals surface area contributed by atoms with E-state index in [0.29, 0.717) is 18.7 Å². The van der Waals surface area contributed by atoms with Crippen molar-refractivity contribution in [1.29, 1.82) is 0 Å². The number of rotatable bonds is 2. The highest BCUT2D eigenvalue weighted by Crippen LogP contribution is 2.32. The first-order chi connectivity index (χ1) is 9.79. The summed E-state index contributed by atoms with van der Waals surface area (Å²) in [4.78, 5) is 17.1. The van der Waals surface area contributed by atoms with Crippen LogP contribution in [0.15, 0.2) is 29.3 Å². The molecule has 0 radical (unpaired) electrons. The summed E-state index contributed by atoms with van der Waals surface area (Å²) in [6.45, 7) is 0.571. The molecule has 1 saturated heterocycles. The minimum Gasteiger partial charge on any atom is -0.370 e. The number of amides is 1. The van der Waals surface area contributed by atoms with Gasteiger partial charge in [0.2, 0.25) is 0 Å². The van der Waals surface area contributed by atoms with Gasteiger partial charge in [0.05, 0.1) is 5.56 Å². The Labute approximate surface area is 119 Å². The van der Waals surface area contributed by atoms with Crippen LogP contribution in [0.2, 0.25) is 0 Å². The minimum absolute atomic E-state index is 0.320. The van der Waals surface area contributed by atoms with Gasteiger partial charge in [-0.1, -0.05) is 0 Å². The zero-order chi connectivity index (χ0) is 15.6. The van der Waals surface area contributed by atoms with Crippen LogP contribution in [0.25, 0.3) is 0 Å². The van der Waals surface area contributed by atoms with Crippen LogP contribution in [0, 0.1) is 0 Å². The van der Waals surface area contributed by atoms with Crippen LogP contribution in [0.3, 0.4) is 0 Å². The van der Waals surface area contributed by atoms with Crippen molar-refractivity contribution in [3.05, 3.63) is 29.8 Å². The van der Waals surface area contributed by atoms with Gasteiger partial charge in [-0.05, 0) is 37.1 Å². The molecule has 1 aromatic rings. The largest absolute Gasteiger partial charge is 0.416 e. The van der Waals surface area contributed by atoms with Crippen LogP contribution in [0.4, 0.5) is 18.9 Å². The molecule has 0 saturated carbocycles. The Morgan fingerprint density at radius 3 is 2.38 bits per heavy atom. The first kappa shape index (κ1) is 15.1. The fourth-order valence-corrected chi connectivity index (χ4v) is 2.38. The fraction of sp³-hybridized carbons (Fsp3) is 0.385. The van der Waals surface area contributed by atoms with Gasteiger partial charge in [0.1, 0.15) is 6.04 Å². The lowest BCUT2D eigenvalue weighted by Crippen LogP contribution is -2.37. The summed E-state index contributed by atoms with van der Waals surface area (Å²) in [7, 11) is 0. The van der Waals surface area contributed by atoms with E-state index in [1.807, 2.05) is 0 Å². The molecule has 21 heavy (non-hydrogen) atoms. The van der Waals surface area contributed by atoms with Gasteiger partial charge < -0.3 is 16.4 Å². The van der Waals surface area contributed by atoms with Gasteiger partial charge >= 0.3 is 6.18 Å². The second-order valence-electron chi connectivity index (χ2n) is 4.77. The van der Waals surface area contributed by atoms with E-state index in [1.165, 1.54) is 12.1 Å². The number of hydrogen-bond acceptors (Lipinski definition) is 2. The Bertz CT molecular complexity index is 550. The van der Waals surface area contributed by atoms with Crippen LogP contribution < -0.4 is 16.4 Å². The van der Waals surface area contributed by atoms with Crippen molar-refractivity contribution in [3.63, 3.8) is 0 Å². The summed E-state index contributed by atoms with van der Waals surface area (Å²) in [6, 6.07) is 4.16. The van der Waals surface area contributed by atoms with Gasteiger partial charge in [-0.3, -0.25) is 4.79 Å².